The fourth-order valence-corrected chi connectivity index (χ4v) is 2.31. The molecule has 116 valence electrons. The van der Waals surface area contributed by atoms with Crippen LogP contribution in [0.2, 0.25) is 0 Å². The zero-order valence-corrected chi connectivity index (χ0v) is 13.6. The Kier molecular flexibility index (Phi) is 5.87. The summed E-state index contributed by atoms with van der Waals surface area (Å²) in [6.07, 6.45) is 0. The Balaban J connectivity index is 0.000000924. The predicted octanol–water partition coefficient (Wildman–Crippen LogP) is 6.58. The van der Waals surface area contributed by atoms with Crippen molar-refractivity contribution in [1.82, 2.24) is 0 Å². The van der Waals surface area contributed by atoms with Crippen LogP contribution >= 0.6 is 0 Å². The Hall–Kier alpha value is -2.67. The van der Waals surface area contributed by atoms with E-state index in [-0.39, 0.29) is 5.82 Å². The lowest BCUT2D eigenvalue weighted by Crippen LogP contribution is -1.87. The summed E-state index contributed by atoms with van der Waals surface area (Å²) in [5.41, 5.74) is 5.24. The van der Waals surface area contributed by atoms with Gasteiger partial charge in [0.05, 0.1) is 0 Å². The van der Waals surface area contributed by atoms with Crippen molar-refractivity contribution in [2.75, 3.05) is 0 Å². The number of benzene rings is 3. The van der Waals surface area contributed by atoms with Gasteiger partial charge >= 0.3 is 0 Å². The molecule has 0 heterocycles. The molecule has 0 amide bonds. The Morgan fingerprint density at radius 1 is 0.652 bits per heavy atom. The van der Waals surface area contributed by atoms with Crippen LogP contribution in [0, 0.1) is 5.82 Å². The minimum atomic E-state index is -0.231. The smallest absolute Gasteiger partial charge is 0.123 e. The van der Waals surface area contributed by atoms with Gasteiger partial charge in [0.1, 0.15) is 5.82 Å². The SMILES string of the molecule is C=C(c1ccc(F)cc1)c1ccc(-c2ccccc2)cc1.CC. The Morgan fingerprint density at radius 3 is 1.61 bits per heavy atom. The van der Waals surface area contributed by atoms with E-state index in [1.807, 2.05) is 44.2 Å². The van der Waals surface area contributed by atoms with Gasteiger partial charge in [0.2, 0.25) is 0 Å². The van der Waals surface area contributed by atoms with E-state index in [2.05, 4.69) is 30.8 Å². The van der Waals surface area contributed by atoms with Gasteiger partial charge < -0.3 is 0 Å². The standard InChI is InChI=1S/C20H15F.C2H6/c1-15(17-11-13-20(21)14-12-17)16-7-9-19(10-8-16)18-5-3-2-4-6-18;1-2/h2-14H,1H2;1-2H3. The normalized spacial score (nSPS) is 9.70. The molecule has 0 nitrogen and oxygen atoms in total. The minimum Gasteiger partial charge on any atom is -0.207 e. The fourth-order valence-electron chi connectivity index (χ4n) is 2.31. The van der Waals surface area contributed by atoms with Gasteiger partial charge in [0, 0.05) is 0 Å². The summed E-state index contributed by atoms with van der Waals surface area (Å²) in [4.78, 5) is 0. The molecule has 3 aromatic rings. The minimum absolute atomic E-state index is 0.231. The van der Waals surface area contributed by atoms with Crippen molar-refractivity contribution in [2.24, 2.45) is 0 Å². The van der Waals surface area contributed by atoms with E-state index >= 15 is 0 Å². The summed E-state index contributed by atoms with van der Waals surface area (Å²) < 4.78 is 13.0. The number of hydrogen-bond donors (Lipinski definition) is 0. The second-order valence-corrected chi connectivity index (χ2v) is 4.93. The molecule has 0 aliphatic rings. The van der Waals surface area contributed by atoms with Crippen LogP contribution in [0.25, 0.3) is 16.7 Å². The van der Waals surface area contributed by atoms with Gasteiger partial charge in [0.25, 0.3) is 0 Å². The lowest BCUT2D eigenvalue weighted by atomic mass is 9.97. The Labute approximate surface area is 137 Å². The average Bonchev–Trinajstić information content (AvgIpc) is 2.64. The summed E-state index contributed by atoms with van der Waals surface area (Å²) in [5, 5.41) is 0. The molecule has 3 rings (SSSR count). The van der Waals surface area contributed by atoms with Crippen LogP contribution in [0.3, 0.4) is 0 Å². The highest BCUT2D eigenvalue weighted by molar-refractivity contribution is 5.79. The van der Waals surface area contributed by atoms with Crippen molar-refractivity contribution < 1.29 is 4.39 Å². The maximum Gasteiger partial charge on any atom is 0.123 e. The van der Waals surface area contributed by atoms with Crippen LogP contribution in [0.1, 0.15) is 25.0 Å². The van der Waals surface area contributed by atoms with Crippen molar-refractivity contribution in [3.05, 3.63) is 102 Å². The van der Waals surface area contributed by atoms with E-state index < -0.39 is 0 Å². The lowest BCUT2D eigenvalue weighted by molar-refractivity contribution is 0.627. The molecule has 0 aliphatic heterocycles. The van der Waals surface area contributed by atoms with Crippen LogP contribution in [-0.4, -0.2) is 0 Å². The zero-order chi connectivity index (χ0) is 16.7. The summed E-state index contributed by atoms with van der Waals surface area (Å²) in [7, 11) is 0. The predicted molar refractivity (Wildman–Crippen MR) is 97.8 cm³/mol. The third-order valence-electron chi connectivity index (χ3n) is 3.53. The lowest BCUT2D eigenvalue weighted by Gasteiger charge is -2.08. The number of halogens is 1. The monoisotopic (exact) mass is 304 g/mol. The van der Waals surface area contributed by atoms with E-state index in [9.17, 15) is 4.39 Å². The largest absolute Gasteiger partial charge is 0.207 e. The first-order chi connectivity index (χ1) is 11.2. The number of hydrogen-bond acceptors (Lipinski definition) is 0. The van der Waals surface area contributed by atoms with Crippen molar-refractivity contribution >= 4 is 5.57 Å². The second kappa shape index (κ2) is 8.09. The van der Waals surface area contributed by atoms with E-state index in [1.54, 1.807) is 12.1 Å². The molecule has 0 radical (unpaired) electrons. The molecule has 0 unspecified atom stereocenters. The third kappa shape index (κ3) is 4.17. The molecule has 0 N–H and O–H groups in total. The summed E-state index contributed by atoms with van der Waals surface area (Å²) in [5.74, 6) is -0.231. The van der Waals surface area contributed by atoms with E-state index in [0.717, 1.165) is 16.7 Å². The van der Waals surface area contributed by atoms with Gasteiger partial charge in [-0.15, -0.1) is 0 Å². The molecule has 0 aromatic heterocycles. The average molecular weight is 304 g/mol. The van der Waals surface area contributed by atoms with E-state index in [0.29, 0.717) is 0 Å². The van der Waals surface area contributed by atoms with Gasteiger partial charge in [-0.3, -0.25) is 0 Å². The first kappa shape index (κ1) is 16.7. The Morgan fingerprint density at radius 2 is 1.09 bits per heavy atom. The van der Waals surface area contributed by atoms with Gasteiger partial charge in [-0.05, 0) is 40.0 Å². The first-order valence-electron chi connectivity index (χ1n) is 7.85. The van der Waals surface area contributed by atoms with E-state index in [1.165, 1.54) is 23.3 Å². The van der Waals surface area contributed by atoms with Gasteiger partial charge in [-0.1, -0.05) is 87.2 Å². The summed E-state index contributed by atoms with van der Waals surface area (Å²) >= 11 is 0. The van der Waals surface area contributed by atoms with Crippen molar-refractivity contribution in [3.8, 4) is 11.1 Å². The van der Waals surface area contributed by atoms with Crippen molar-refractivity contribution in [3.63, 3.8) is 0 Å². The molecule has 23 heavy (non-hydrogen) atoms. The Bertz CT molecular complexity index is 738. The van der Waals surface area contributed by atoms with Crippen molar-refractivity contribution in [1.29, 1.82) is 0 Å². The van der Waals surface area contributed by atoms with Crippen LogP contribution in [0.4, 0.5) is 4.39 Å². The highest BCUT2D eigenvalue weighted by Gasteiger charge is 2.03. The maximum absolute atomic E-state index is 13.0. The third-order valence-corrected chi connectivity index (χ3v) is 3.53. The molecule has 0 saturated heterocycles. The topological polar surface area (TPSA) is 0 Å². The molecule has 0 saturated carbocycles. The molecular formula is C22H21F. The molecule has 1 heteroatoms. The molecule has 0 aliphatic carbocycles. The van der Waals surface area contributed by atoms with Crippen LogP contribution < -0.4 is 0 Å². The molecule has 0 fully saturated rings. The summed E-state index contributed by atoms with van der Waals surface area (Å²) in [6.45, 7) is 8.10. The van der Waals surface area contributed by atoms with Crippen molar-refractivity contribution in [2.45, 2.75) is 13.8 Å². The maximum atomic E-state index is 13.0. The zero-order valence-electron chi connectivity index (χ0n) is 13.6. The van der Waals surface area contributed by atoms with Crippen LogP contribution in [-0.2, 0) is 0 Å². The molecule has 3 aromatic carbocycles. The molecular weight excluding hydrogens is 283 g/mol. The first-order valence-corrected chi connectivity index (χ1v) is 7.85. The second-order valence-electron chi connectivity index (χ2n) is 4.93. The highest BCUT2D eigenvalue weighted by atomic mass is 19.1. The van der Waals surface area contributed by atoms with Crippen LogP contribution in [0.15, 0.2) is 85.4 Å². The molecule has 0 spiro atoms. The van der Waals surface area contributed by atoms with E-state index in [4.69, 9.17) is 0 Å². The van der Waals surface area contributed by atoms with Gasteiger partial charge in [0.15, 0.2) is 0 Å². The van der Waals surface area contributed by atoms with Crippen LogP contribution in [0.5, 0.6) is 0 Å². The molecule has 0 atom stereocenters. The summed E-state index contributed by atoms with van der Waals surface area (Å²) in [6, 6.07) is 24.9. The highest BCUT2D eigenvalue weighted by Crippen LogP contribution is 2.25. The quantitative estimate of drug-likeness (QED) is 0.512. The number of rotatable bonds is 3. The van der Waals surface area contributed by atoms with Gasteiger partial charge in [-0.2, -0.15) is 0 Å². The molecule has 0 bridgehead atoms. The fraction of sp³-hybridized carbons (Fsp3) is 0.0909. The van der Waals surface area contributed by atoms with Gasteiger partial charge in [-0.25, -0.2) is 4.39 Å².